The number of nitrogens with zero attached hydrogens (tertiary/aromatic N) is 4. The lowest BCUT2D eigenvalue weighted by Gasteiger charge is -2.05. The largest absolute Gasteiger partial charge is 0.481 e. The minimum absolute atomic E-state index is 0.112. The van der Waals surface area contributed by atoms with Gasteiger partial charge in [0.2, 0.25) is 5.91 Å². The first kappa shape index (κ1) is 12.7. The summed E-state index contributed by atoms with van der Waals surface area (Å²) in [6, 6.07) is 5.13. The summed E-state index contributed by atoms with van der Waals surface area (Å²) < 4.78 is 1.24. The molecule has 0 spiro atoms. The van der Waals surface area contributed by atoms with E-state index in [1.807, 2.05) is 0 Å². The number of carbonyl (C=O) groups is 2. The second kappa shape index (κ2) is 5.71. The number of hydrogen-bond donors (Lipinski definition) is 2. The summed E-state index contributed by atoms with van der Waals surface area (Å²) in [6.45, 7) is -0.112. The molecule has 0 saturated carbocycles. The van der Waals surface area contributed by atoms with Gasteiger partial charge in [-0.2, -0.15) is 0 Å². The van der Waals surface area contributed by atoms with Crippen LogP contribution in [0.1, 0.15) is 5.69 Å². The predicted molar refractivity (Wildman–Crippen MR) is 64.2 cm³/mol. The fourth-order valence-electron chi connectivity index (χ4n) is 1.46. The van der Waals surface area contributed by atoms with Gasteiger partial charge in [-0.05, 0) is 12.1 Å². The van der Waals surface area contributed by atoms with E-state index < -0.39 is 5.97 Å². The maximum atomic E-state index is 11.7. The Morgan fingerprint density at radius 3 is 2.89 bits per heavy atom. The molecule has 98 valence electrons. The number of amides is 1. The highest BCUT2D eigenvalue weighted by Crippen LogP contribution is 2.02. The van der Waals surface area contributed by atoms with E-state index in [0.29, 0.717) is 11.5 Å². The lowest BCUT2D eigenvalue weighted by atomic mass is 10.3. The van der Waals surface area contributed by atoms with E-state index in [0.717, 1.165) is 0 Å². The average Bonchev–Trinajstić information content (AvgIpc) is 2.77. The Morgan fingerprint density at radius 2 is 2.21 bits per heavy atom. The van der Waals surface area contributed by atoms with Crippen LogP contribution in [0.15, 0.2) is 30.6 Å². The van der Waals surface area contributed by atoms with Gasteiger partial charge in [0.1, 0.15) is 12.4 Å². The van der Waals surface area contributed by atoms with Crippen molar-refractivity contribution in [2.24, 2.45) is 0 Å². The third-order valence-electron chi connectivity index (χ3n) is 2.26. The molecule has 0 aliphatic rings. The monoisotopic (exact) mass is 261 g/mol. The Hall–Kier alpha value is -2.77. The van der Waals surface area contributed by atoms with Gasteiger partial charge < -0.3 is 10.4 Å². The highest BCUT2D eigenvalue weighted by Gasteiger charge is 2.11. The Kier molecular flexibility index (Phi) is 3.81. The minimum atomic E-state index is -1.01. The molecular weight excluding hydrogens is 250 g/mol. The number of aliphatic carboxylic acids is 1. The highest BCUT2D eigenvalue weighted by molar-refractivity contribution is 5.89. The number of anilines is 1. The zero-order valence-corrected chi connectivity index (χ0v) is 9.85. The normalized spacial score (nSPS) is 10.1. The fraction of sp³-hybridized carbons (Fsp3) is 0.182. The van der Waals surface area contributed by atoms with E-state index in [1.165, 1.54) is 10.9 Å². The van der Waals surface area contributed by atoms with Crippen LogP contribution >= 0.6 is 0 Å². The van der Waals surface area contributed by atoms with Gasteiger partial charge in [0, 0.05) is 6.20 Å². The van der Waals surface area contributed by atoms with E-state index in [2.05, 4.69) is 20.6 Å². The van der Waals surface area contributed by atoms with Crippen molar-refractivity contribution in [3.8, 4) is 0 Å². The summed E-state index contributed by atoms with van der Waals surface area (Å²) in [5.41, 5.74) is 0.365. The molecule has 0 bridgehead atoms. The van der Waals surface area contributed by atoms with Gasteiger partial charge in [0.15, 0.2) is 0 Å². The standard InChI is InChI=1S/C11H11N5O3/c17-10(14-9-3-1-2-4-12-9)7-16-8(5-11(18)19)6-13-15-16/h1-4,6H,5,7H2,(H,18,19)(H,12,14,17). The number of nitrogens with one attached hydrogen (secondary N) is 1. The molecule has 2 N–H and O–H groups in total. The molecule has 2 aromatic rings. The smallest absolute Gasteiger partial charge is 0.309 e. The number of aromatic nitrogens is 4. The summed E-state index contributed by atoms with van der Waals surface area (Å²) in [7, 11) is 0. The minimum Gasteiger partial charge on any atom is -0.481 e. The Morgan fingerprint density at radius 1 is 1.37 bits per heavy atom. The van der Waals surface area contributed by atoms with E-state index in [4.69, 9.17) is 5.11 Å². The number of carbonyl (C=O) groups excluding carboxylic acids is 1. The summed E-state index contributed by atoms with van der Waals surface area (Å²) in [6.07, 6.45) is 2.65. The molecule has 2 heterocycles. The van der Waals surface area contributed by atoms with Crippen LogP contribution in [0.4, 0.5) is 5.82 Å². The van der Waals surface area contributed by atoms with Crippen LogP contribution in [0.2, 0.25) is 0 Å². The highest BCUT2D eigenvalue weighted by atomic mass is 16.4. The molecule has 0 aliphatic heterocycles. The molecule has 1 amide bonds. The second-order valence-corrected chi connectivity index (χ2v) is 3.72. The third kappa shape index (κ3) is 3.60. The lowest BCUT2D eigenvalue weighted by Crippen LogP contribution is -2.22. The zero-order valence-electron chi connectivity index (χ0n) is 9.85. The molecule has 19 heavy (non-hydrogen) atoms. The molecule has 8 heteroatoms. The van der Waals surface area contributed by atoms with Crippen molar-refractivity contribution in [3.05, 3.63) is 36.3 Å². The van der Waals surface area contributed by atoms with E-state index in [-0.39, 0.29) is 18.9 Å². The van der Waals surface area contributed by atoms with Crippen LogP contribution in [0, 0.1) is 0 Å². The third-order valence-corrected chi connectivity index (χ3v) is 2.26. The summed E-state index contributed by atoms with van der Waals surface area (Å²) in [4.78, 5) is 26.3. The van der Waals surface area contributed by atoms with E-state index in [1.54, 1.807) is 24.4 Å². The van der Waals surface area contributed by atoms with Crippen LogP contribution < -0.4 is 5.32 Å². The number of carboxylic acid groups (broad SMARTS) is 1. The fourth-order valence-corrected chi connectivity index (χ4v) is 1.46. The van der Waals surface area contributed by atoms with Crippen LogP contribution in [0.25, 0.3) is 0 Å². The van der Waals surface area contributed by atoms with E-state index >= 15 is 0 Å². The maximum absolute atomic E-state index is 11.7. The van der Waals surface area contributed by atoms with Crippen molar-refractivity contribution in [3.63, 3.8) is 0 Å². The van der Waals surface area contributed by atoms with Gasteiger partial charge in [0.05, 0.1) is 18.3 Å². The van der Waals surface area contributed by atoms with Crippen LogP contribution in [-0.2, 0) is 22.6 Å². The van der Waals surface area contributed by atoms with Crippen molar-refractivity contribution in [1.82, 2.24) is 20.0 Å². The van der Waals surface area contributed by atoms with Crippen molar-refractivity contribution in [1.29, 1.82) is 0 Å². The van der Waals surface area contributed by atoms with Crippen LogP contribution in [-0.4, -0.2) is 37.0 Å². The van der Waals surface area contributed by atoms with Crippen molar-refractivity contribution in [2.75, 3.05) is 5.32 Å². The topological polar surface area (TPSA) is 110 Å². The van der Waals surface area contributed by atoms with Crippen LogP contribution in [0.3, 0.4) is 0 Å². The molecule has 0 aliphatic carbocycles. The number of rotatable bonds is 5. The summed E-state index contributed by atoms with van der Waals surface area (Å²) >= 11 is 0. The molecule has 0 saturated heterocycles. The molecule has 0 aromatic carbocycles. The molecule has 2 rings (SSSR count). The molecule has 0 fully saturated rings. The Bertz CT molecular complexity index is 581. The quantitative estimate of drug-likeness (QED) is 0.780. The molecule has 0 atom stereocenters. The predicted octanol–water partition coefficient (Wildman–Crippen LogP) is -0.0611. The first-order valence-electron chi connectivity index (χ1n) is 5.45. The zero-order chi connectivity index (χ0) is 13.7. The Labute approximate surface area is 108 Å². The lowest BCUT2D eigenvalue weighted by molar-refractivity contribution is -0.136. The molecule has 0 unspecified atom stereocenters. The van der Waals surface area contributed by atoms with Crippen LogP contribution in [0.5, 0.6) is 0 Å². The first-order valence-corrected chi connectivity index (χ1v) is 5.45. The molecule has 0 radical (unpaired) electrons. The summed E-state index contributed by atoms with van der Waals surface area (Å²) in [5, 5.41) is 18.5. The van der Waals surface area contributed by atoms with Crippen molar-refractivity contribution >= 4 is 17.7 Å². The molecular formula is C11H11N5O3. The second-order valence-electron chi connectivity index (χ2n) is 3.72. The number of pyridine rings is 1. The Balaban J connectivity index is 1.99. The summed E-state index contributed by atoms with van der Waals surface area (Å²) in [5.74, 6) is -0.933. The van der Waals surface area contributed by atoms with Gasteiger partial charge in [-0.1, -0.05) is 11.3 Å². The van der Waals surface area contributed by atoms with Gasteiger partial charge in [-0.3, -0.25) is 9.59 Å². The van der Waals surface area contributed by atoms with Crippen molar-refractivity contribution in [2.45, 2.75) is 13.0 Å². The van der Waals surface area contributed by atoms with E-state index in [9.17, 15) is 9.59 Å². The van der Waals surface area contributed by atoms with Gasteiger partial charge in [-0.25, -0.2) is 9.67 Å². The molecule has 8 nitrogen and oxygen atoms in total. The van der Waals surface area contributed by atoms with Gasteiger partial charge in [-0.15, -0.1) is 5.10 Å². The maximum Gasteiger partial charge on any atom is 0.309 e. The molecule has 2 aromatic heterocycles. The first-order chi connectivity index (χ1) is 9.15. The van der Waals surface area contributed by atoms with Gasteiger partial charge in [0.25, 0.3) is 0 Å². The number of carboxylic acids is 1. The van der Waals surface area contributed by atoms with Gasteiger partial charge >= 0.3 is 5.97 Å². The SMILES string of the molecule is O=C(O)Cc1cnnn1CC(=O)Nc1ccccn1. The number of hydrogen-bond acceptors (Lipinski definition) is 5. The van der Waals surface area contributed by atoms with Crippen molar-refractivity contribution < 1.29 is 14.7 Å². The average molecular weight is 261 g/mol.